The molecule has 2 aromatic rings. The van der Waals surface area contributed by atoms with Crippen LogP contribution < -0.4 is 24.2 Å². The molecule has 0 radical (unpaired) electrons. The van der Waals surface area contributed by atoms with Gasteiger partial charge in [0.1, 0.15) is 17.2 Å². The van der Waals surface area contributed by atoms with Gasteiger partial charge in [-0.1, -0.05) is 0 Å². The Morgan fingerprint density at radius 2 is 1.58 bits per heavy atom. The Hall–Kier alpha value is -2.94. The molecule has 0 fully saturated rings. The molecule has 0 aliphatic rings. The van der Waals surface area contributed by atoms with Gasteiger partial charge >= 0.3 is 0 Å². The van der Waals surface area contributed by atoms with Crippen LogP contribution in [0.5, 0.6) is 17.2 Å². The maximum absolute atomic E-state index is 12.7. The molecule has 0 atom stereocenters. The molecule has 0 heterocycles. The van der Waals surface area contributed by atoms with Gasteiger partial charge in [-0.25, -0.2) is 8.42 Å². The van der Waals surface area contributed by atoms with Gasteiger partial charge in [-0.05, 0) is 24.3 Å². The lowest BCUT2D eigenvalue weighted by Gasteiger charge is -2.15. The molecule has 0 aliphatic carbocycles. The molecular formula is C17H20N2O6S. The minimum Gasteiger partial charge on any atom is -0.497 e. The van der Waals surface area contributed by atoms with Crippen molar-refractivity contribution >= 4 is 27.3 Å². The summed E-state index contributed by atoms with van der Waals surface area (Å²) in [5.74, 6) is 0.747. The third-order valence-corrected chi connectivity index (χ3v) is 4.81. The van der Waals surface area contributed by atoms with Crippen LogP contribution in [0, 0.1) is 0 Å². The molecule has 0 saturated heterocycles. The number of methoxy groups -OCH3 is 3. The van der Waals surface area contributed by atoms with Crippen molar-refractivity contribution in [2.24, 2.45) is 0 Å². The predicted octanol–water partition coefficient (Wildman–Crippen LogP) is 2.47. The molecule has 0 saturated carbocycles. The Kier molecular flexibility index (Phi) is 5.93. The summed E-state index contributed by atoms with van der Waals surface area (Å²) in [6.07, 6.45) is 0. The number of nitrogens with one attached hydrogen (secondary N) is 2. The Morgan fingerprint density at radius 1 is 0.885 bits per heavy atom. The van der Waals surface area contributed by atoms with Gasteiger partial charge in [0.15, 0.2) is 0 Å². The molecule has 0 bridgehead atoms. The smallest absolute Gasteiger partial charge is 0.262 e. The lowest BCUT2D eigenvalue weighted by atomic mass is 10.3. The summed E-state index contributed by atoms with van der Waals surface area (Å²) in [4.78, 5) is 11.2. The van der Waals surface area contributed by atoms with Crippen LogP contribution in [-0.4, -0.2) is 35.7 Å². The second kappa shape index (κ2) is 7.96. The summed E-state index contributed by atoms with van der Waals surface area (Å²) in [6, 6.07) is 8.90. The molecule has 1 amide bonds. The Morgan fingerprint density at radius 3 is 2.15 bits per heavy atom. The fourth-order valence-electron chi connectivity index (χ4n) is 2.23. The summed E-state index contributed by atoms with van der Waals surface area (Å²) in [5, 5.41) is 2.57. The number of hydrogen-bond donors (Lipinski definition) is 2. The molecule has 0 unspecified atom stereocenters. The number of hydrogen-bond acceptors (Lipinski definition) is 6. The minimum atomic E-state index is -3.93. The van der Waals surface area contributed by atoms with Crippen molar-refractivity contribution in [3.63, 3.8) is 0 Å². The molecule has 26 heavy (non-hydrogen) atoms. The van der Waals surface area contributed by atoms with Crippen molar-refractivity contribution in [1.82, 2.24) is 0 Å². The van der Waals surface area contributed by atoms with Crippen molar-refractivity contribution in [3.8, 4) is 17.2 Å². The van der Waals surface area contributed by atoms with Crippen LogP contribution in [0.25, 0.3) is 0 Å². The fourth-order valence-corrected chi connectivity index (χ4v) is 3.31. The third kappa shape index (κ3) is 4.37. The van der Waals surface area contributed by atoms with Crippen LogP contribution in [0.1, 0.15) is 6.92 Å². The van der Waals surface area contributed by atoms with Crippen LogP contribution in [0.15, 0.2) is 41.3 Å². The van der Waals surface area contributed by atoms with Gasteiger partial charge in [0, 0.05) is 19.1 Å². The van der Waals surface area contributed by atoms with E-state index < -0.39 is 10.0 Å². The predicted molar refractivity (Wildman–Crippen MR) is 97.7 cm³/mol. The molecule has 2 aromatic carbocycles. The van der Waals surface area contributed by atoms with Gasteiger partial charge in [-0.2, -0.15) is 0 Å². The second-order valence-electron chi connectivity index (χ2n) is 5.21. The molecule has 0 aromatic heterocycles. The first-order valence-electron chi connectivity index (χ1n) is 7.51. The maximum Gasteiger partial charge on any atom is 0.262 e. The standard InChI is InChI=1S/C17H20N2O6S/c1-11(20)18-14-7-6-13(10-17(14)25-4)26(21,22)19-15-9-12(23-2)5-8-16(15)24-3/h5-10,19H,1-4H3,(H,18,20). The number of rotatable bonds is 7. The van der Waals surface area contributed by atoms with Crippen LogP contribution in [0.3, 0.4) is 0 Å². The topological polar surface area (TPSA) is 103 Å². The molecule has 8 nitrogen and oxygen atoms in total. The highest BCUT2D eigenvalue weighted by Gasteiger charge is 2.19. The highest BCUT2D eigenvalue weighted by molar-refractivity contribution is 7.92. The van der Waals surface area contributed by atoms with Crippen LogP contribution in [0.2, 0.25) is 0 Å². The largest absolute Gasteiger partial charge is 0.497 e. The van der Waals surface area contributed by atoms with Crippen LogP contribution >= 0.6 is 0 Å². The average Bonchev–Trinajstić information content (AvgIpc) is 2.61. The van der Waals surface area contributed by atoms with Crippen LogP contribution in [0.4, 0.5) is 11.4 Å². The Bertz CT molecular complexity index is 911. The number of carbonyl (C=O) groups is 1. The number of carbonyl (C=O) groups excluding carboxylic acids is 1. The summed E-state index contributed by atoms with van der Waals surface area (Å²) >= 11 is 0. The summed E-state index contributed by atoms with van der Waals surface area (Å²) < 4.78 is 43.4. The third-order valence-electron chi connectivity index (χ3n) is 3.44. The Labute approximate surface area is 152 Å². The number of ether oxygens (including phenoxy) is 3. The van der Waals surface area contributed by atoms with E-state index in [4.69, 9.17) is 14.2 Å². The molecule has 2 rings (SSSR count). The van der Waals surface area contributed by atoms with Crippen molar-refractivity contribution in [2.75, 3.05) is 31.4 Å². The van der Waals surface area contributed by atoms with Gasteiger partial charge in [0.2, 0.25) is 5.91 Å². The number of anilines is 2. The zero-order chi connectivity index (χ0) is 19.3. The van der Waals surface area contributed by atoms with Gasteiger partial charge in [0.05, 0.1) is 37.6 Å². The van der Waals surface area contributed by atoms with Gasteiger partial charge < -0.3 is 19.5 Å². The molecule has 140 valence electrons. The molecule has 0 spiro atoms. The summed E-state index contributed by atoms with van der Waals surface area (Å²) in [6.45, 7) is 1.35. The van der Waals surface area contributed by atoms with E-state index in [0.717, 1.165) is 0 Å². The summed E-state index contributed by atoms with van der Waals surface area (Å²) in [7, 11) is 0.371. The van der Waals surface area contributed by atoms with E-state index in [0.29, 0.717) is 17.2 Å². The number of benzene rings is 2. The van der Waals surface area contributed by atoms with E-state index in [9.17, 15) is 13.2 Å². The Balaban J connectivity index is 2.40. The van der Waals surface area contributed by atoms with Gasteiger partial charge in [-0.3, -0.25) is 9.52 Å². The first-order valence-corrected chi connectivity index (χ1v) is 8.99. The lowest BCUT2D eigenvalue weighted by Crippen LogP contribution is -2.14. The SMILES string of the molecule is COc1ccc(OC)c(NS(=O)(=O)c2ccc(NC(C)=O)c(OC)c2)c1. The quantitative estimate of drug-likeness (QED) is 0.765. The normalized spacial score (nSPS) is 10.8. The van der Waals surface area contributed by atoms with Crippen LogP contribution in [-0.2, 0) is 14.8 Å². The van der Waals surface area contributed by atoms with Crippen molar-refractivity contribution in [3.05, 3.63) is 36.4 Å². The zero-order valence-corrected chi connectivity index (χ0v) is 15.6. The number of sulfonamides is 1. The van der Waals surface area contributed by atoms with E-state index in [2.05, 4.69) is 10.0 Å². The molecule has 9 heteroatoms. The minimum absolute atomic E-state index is 0.0340. The van der Waals surface area contributed by atoms with E-state index in [-0.39, 0.29) is 22.2 Å². The number of amides is 1. The van der Waals surface area contributed by atoms with E-state index in [1.807, 2.05) is 0 Å². The maximum atomic E-state index is 12.7. The second-order valence-corrected chi connectivity index (χ2v) is 6.90. The first kappa shape index (κ1) is 19.4. The molecular weight excluding hydrogens is 360 g/mol. The average molecular weight is 380 g/mol. The molecule has 0 aliphatic heterocycles. The van der Waals surface area contributed by atoms with Crippen molar-refractivity contribution in [2.45, 2.75) is 11.8 Å². The van der Waals surface area contributed by atoms with E-state index in [1.165, 1.54) is 52.5 Å². The summed E-state index contributed by atoms with van der Waals surface area (Å²) in [5.41, 5.74) is 0.606. The lowest BCUT2D eigenvalue weighted by molar-refractivity contribution is -0.114. The highest BCUT2D eigenvalue weighted by atomic mass is 32.2. The zero-order valence-electron chi connectivity index (χ0n) is 14.8. The van der Waals surface area contributed by atoms with Crippen molar-refractivity contribution < 1.29 is 27.4 Å². The molecule has 2 N–H and O–H groups in total. The van der Waals surface area contributed by atoms with E-state index >= 15 is 0 Å². The first-order chi connectivity index (χ1) is 12.3. The van der Waals surface area contributed by atoms with Crippen molar-refractivity contribution in [1.29, 1.82) is 0 Å². The highest BCUT2D eigenvalue weighted by Crippen LogP contribution is 2.32. The van der Waals surface area contributed by atoms with E-state index in [1.54, 1.807) is 12.1 Å². The fraction of sp³-hybridized carbons (Fsp3) is 0.235. The van der Waals surface area contributed by atoms with Gasteiger partial charge in [0.25, 0.3) is 10.0 Å². The monoisotopic (exact) mass is 380 g/mol. The van der Waals surface area contributed by atoms with Gasteiger partial charge in [-0.15, -0.1) is 0 Å².